The summed E-state index contributed by atoms with van der Waals surface area (Å²) < 4.78 is 14.7. The molecule has 0 rings (SSSR count). The Morgan fingerprint density at radius 1 is 1.20 bits per heavy atom. The van der Waals surface area contributed by atoms with Crippen LogP contribution < -0.4 is 0 Å². The summed E-state index contributed by atoms with van der Waals surface area (Å²) in [5.74, 6) is 0. The van der Waals surface area contributed by atoms with E-state index in [2.05, 4.69) is 23.8 Å². The van der Waals surface area contributed by atoms with Crippen LogP contribution >= 0.6 is 18.9 Å². The van der Waals surface area contributed by atoms with Crippen LogP contribution in [-0.2, 0) is 13.8 Å². The van der Waals surface area contributed by atoms with Crippen LogP contribution in [0, 0.1) is 0 Å². The maximum absolute atomic E-state index is 9.56. The first-order valence-corrected chi connectivity index (χ1v) is 5.71. The van der Waals surface area contributed by atoms with Gasteiger partial charge in [0.2, 0.25) is 0 Å². The zero-order chi connectivity index (χ0) is 11.5. The molecular weight excluding hydrogens is 236 g/mol. The van der Waals surface area contributed by atoms with Gasteiger partial charge < -0.3 is 18.9 Å². The van der Waals surface area contributed by atoms with E-state index in [0.717, 1.165) is 13.1 Å². The van der Waals surface area contributed by atoms with Gasteiger partial charge in [0, 0.05) is 45.7 Å². The Bertz CT molecular complexity index is 134. The third kappa shape index (κ3) is 9.58. The highest BCUT2D eigenvalue weighted by atomic mass is 31.0. The lowest BCUT2D eigenvalue weighted by atomic mass is 10.3. The molecule has 5 nitrogen and oxygen atoms in total. The highest BCUT2D eigenvalue weighted by Crippen LogP contribution is 1.97. The standard InChI is InChI=1S/C8H21NO4P2/c1-11-7-8(10)6-9(2-4-12-14)3-5-13-15/h8,10H,2-7,14-15H2,1H3. The van der Waals surface area contributed by atoms with E-state index in [1.165, 1.54) is 0 Å². The Balaban J connectivity index is 3.76. The van der Waals surface area contributed by atoms with E-state index in [9.17, 15) is 5.11 Å². The van der Waals surface area contributed by atoms with Crippen LogP contribution in [-0.4, -0.2) is 62.7 Å². The van der Waals surface area contributed by atoms with E-state index in [-0.39, 0.29) is 0 Å². The molecule has 1 N–H and O–H groups in total. The third-order valence-electron chi connectivity index (χ3n) is 1.88. The van der Waals surface area contributed by atoms with Crippen molar-refractivity contribution in [3.05, 3.63) is 0 Å². The first-order valence-electron chi connectivity index (χ1n) is 4.77. The van der Waals surface area contributed by atoms with Crippen molar-refractivity contribution in [1.29, 1.82) is 0 Å². The molecule has 0 amide bonds. The number of nitrogens with zero attached hydrogens (tertiary/aromatic N) is 1. The molecule has 0 aromatic rings. The highest BCUT2D eigenvalue weighted by molar-refractivity contribution is 7.10. The minimum absolute atomic E-state index is 0.347. The average Bonchev–Trinajstić information content (AvgIpc) is 2.22. The molecule has 0 saturated heterocycles. The normalized spacial score (nSPS) is 13.4. The molecule has 92 valence electrons. The molecule has 0 aromatic carbocycles. The molecule has 3 unspecified atom stereocenters. The predicted molar refractivity (Wildman–Crippen MR) is 65.6 cm³/mol. The highest BCUT2D eigenvalue weighted by Gasteiger charge is 2.10. The molecule has 0 aliphatic heterocycles. The van der Waals surface area contributed by atoms with E-state index < -0.39 is 6.10 Å². The molecule has 3 atom stereocenters. The van der Waals surface area contributed by atoms with E-state index in [1.807, 2.05) is 0 Å². The molecule has 0 aliphatic carbocycles. The lowest BCUT2D eigenvalue weighted by Crippen LogP contribution is -2.38. The van der Waals surface area contributed by atoms with Crippen LogP contribution in [0.5, 0.6) is 0 Å². The van der Waals surface area contributed by atoms with Gasteiger partial charge in [-0.05, 0) is 0 Å². The van der Waals surface area contributed by atoms with Crippen molar-refractivity contribution in [2.45, 2.75) is 6.10 Å². The summed E-state index contributed by atoms with van der Waals surface area (Å²) in [4.78, 5) is 2.07. The van der Waals surface area contributed by atoms with Crippen molar-refractivity contribution in [3.8, 4) is 0 Å². The largest absolute Gasteiger partial charge is 0.389 e. The van der Waals surface area contributed by atoms with Crippen LogP contribution in [0.4, 0.5) is 0 Å². The monoisotopic (exact) mass is 257 g/mol. The molecule has 0 bridgehead atoms. The van der Waals surface area contributed by atoms with Crippen LogP contribution in [0.15, 0.2) is 0 Å². The summed E-state index contributed by atoms with van der Waals surface area (Å²) in [5.41, 5.74) is 0. The van der Waals surface area contributed by atoms with E-state index in [0.29, 0.717) is 26.4 Å². The quantitative estimate of drug-likeness (QED) is 0.554. The van der Waals surface area contributed by atoms with Gasteiger partial charge in [-0.15, -0.1) is 0 Å². The SMILES string of the molecule is COCC(O)CN(CCOP)CCOP. The van der Waals surface area contributed by atoms with Gasteiger partial charge in [0.15, 0.2) is 0 Å². The van der Waals surface area contributed by atoms with E-state index in [4.69, 9.17) is 13.8 Å². The Hall–Kier alpha value is 0.660. The first kappa shape index (κ1) is 15.7. The fraction of sp³-hybridized carbons (Fsp3) is 1.00. The van der Waals surface area contributed by atoms with Gasteiger partial charge in [-0.2, -0.15) is 0 Å². The van der Waals surface area contributed by atoms with Crippen LogP contribution in [0.3, 0.4) is 0 Å². The first-order chi connectivity index (χ1) is 7.24. The molecular formula is C8H21NO4P2. The maximum Gasteiger partial charge on any atom is 0.0900 e. The van der Waals surface area contributed by atoms with Gasteiger partial charge in [-0.25, -0.2) is 0 Å². The summed E-state index contributed by atoms with van der Waals surface area (Å²) in [5, 5.41) is 9.56. The second kappa shape index (κ2) is 11.2. The number of hydrogen-bond donors (Lipinski definition) is 1. The van der Waals surface area contributed by atoms with Gasteiger partial charge >= 0.3 is 0 Å². The van der Waals surface area contributed by atoms with Crippen molar-refractivity contribution in [2.24, 2.45) is 0 Å². The molecule has 0 radical (unpaired) electrons. The van der Waals surface area contributed by atoms with Gasteiger partial charge in [-0.3, -0.25) is 4.90 Å². The summed E-state index contributed by atoms with van der Waals surface area (Å²) in [7, 11) is 5.99. The van der Waals surface area contributed by atoms with Crippen LogP contribution in [0.2, 0.25) is 0 Å². The summed E-state index contributed by atoms with van der Waals surface area (Å²) >= 11 is 0. The molecule has 15 heavy (non-hydrogen) atoms. The Morgan fingerprint density at radius 2 is 1.73 bits per heavy atom. The Morgan fingerprint density at radius 3 is 2.13 bits per heavy atom. The van der Waals surface area contributed by atoms with Crippen molar-refractivity contribution in [3.63, 3.8) is 0 Å². The van der Waals surface area contributed by atoms with Gasteiger partial charge in [0.05, 0.1) is 25.9 Å². The van der Waals surface area contributed by atoms with Crippen molar-refractivity contribution in [1.82, 2.24) is 4.90 Å². The lowest BCUT2D eigenvalue weighted by Gasteiger charge is -2.23. The van der Waals surface area contributed by atoms with Crippen molar-refractivity contribution in [2.75, 3.05) is 46.6 Å². The second-order valence-corrected chi connectivity index (χ2v) is 3.82. The number of ether oxygens (including phenoxy) is 1. The smallest absolute Gasteiger partial charge is 0.0900 e. The third-order valence-corrected chi connectivity index (χ3v) is 2.35. The molecule has 7 heteroatoms. The van der Waals surface area contributed by atoms with E-state index >= 15 is 0 Å². The van der Waals surface area contributed by atoms with Crippen LogP contribution in [0.25, 0.3) is 0 Å². The average molecular weight is 257 g/mol. The lowest BCUT2D eigenvalue weighted by molar-refractivity contribution is 0.0329. The number of aliphatic hydroxyl groups excluding tert-OH is 1. The predicted octanol–water partition coefficient (Wildman–Crippen LogP) is -0.0909. The molecule has 0 saturated carbocycles. The van der Waals surface area contributed by atoms with Crippen LogP contribution in [0.1, 0.15) is 0 Å². The zero-order valence-corrected chi connectivity index (χ0v) is 11.4. The summed E-state index contributed by atoms with van der Waals surface area (Å²) in [6.45, 7) is 3.66. The Kier molecular flexibility index (Phi) is 11.6. The van der Waals surface area contributed by atoms with Gasteiger partial charge in [0.25, 0.3) is 0 Å². The fourth-order valence-corrected chi connectivity index (χ4v) is 1.41. The molecule has 0 fully saturated rings. The minimum atomic E-state index is -0.469. The number of rotatable bonds is 10. The maximum atomic E-state index is 9.56. The molecule has 0 aliphatic rings. The minimum Gasteiger partial charge on any atom is -0.389 e. The van der Waals surface area contributed by atoms with Crippen molar-refractivity contribution < 1.29 is 18.9 Å². The van der Waals surface area contributed by atoms with Gasteiger partial charge in [-0.1, -0.05) is 0 Å². The molecule has 0 spiro atoms. The summed E-state index contributed by atoms with van der Waals surface area (Å²) in [6, 6.07) is 0. The topological polar surface area (TPSA) is 51.2 Å². The van der Waals surface area contributed by atoms with Crippen molar-refractivity contribution >= 4 is 18.9 Å². The van der Waals surface area contributed by atoms with E-state index in [1.54, 1.807) is 7.11 Å². The molecule has 0 heterocycles. The number of aliphatic hydroxyl groups is 1. The fourth-order valence-electron chi connectivity index (χ4n) is 1.20. The molecule has 0 aromatic heterocycles. The Labute approximate surface area is 96.0 Å². The summed E-state index contributed by atoms with van der Waals surface area (Å²) in [6.07, 6.45) is -0.469. The zero-order valence-electron chi connectivity index (χ0n) is 9.09. The second-order valence-electron chi connectivity index (χ2n) is 3.15. The van der Waals surface area contributed by atoms with Gasteiger partial charge in [0.1, 0.15) is 0 Å². The number of methoxy groups -OCH3 is 1. The number of hydrogen-bond acceptors (Lipinski definition) is 5.